The molecule has 3 rings (SSSR count). The average molecular weight is 350 g/mol. The van der Waals surface area contributed by atoms with Gasteiger partial charge in [0.25, 0.3) is 0 Å². The Morgan fingerprint density at radius 3 is 2.61 bits per heavy atom. The van der Waals surface area contributed by atoms with Gasteiger partial charge in [-0.1, -0.05) is 31.5 Å². The molecule has 0 unspecified atom stereocenters. The summed E-state index contributed by atoms with van der Waals surface area (Å²) in [6, 6.07) is 4.33. The van der Waals surface area contributed by atoms with E-state index in [4.69, 9.17) is 16.3 Å². The summed E-state index contributed by atoms with van der Waals surface area (Å²) in [6.07, 6.45) is -2.73. The molecule has 2 fully saturated rings. The zero-order chi connectivity index (χ0) is 17.3. The fraction of sp³-hybridized carbons (Fsp3) is 0.647. The molecule has 1 aromatic rings. The van der Waals surface area contributed by atoms with Crippen LogP contribution in [0.25, 0.3) is 0 Å². The lowest BCUT2D eigenvalue weighted by molar-refractivity contribution is -0.137. The summed E-state index contributed by atoms with van der Waals surface area (Å²) >= 11 is 5.72. The third-order valence-electron chi connectivity index (χ3n) is 4.97. The zero-order valence-electron chi connectivity index (χ0n) is 13.7. The number of nitrogens with one attached hydrogen (secondary N) is 1. The normalized spacial score (nSPS) is 29.3. The van der Waals surface area contributed by atoms with Crippen LogP contribution in [0.1, 0.15) is 37.8 Å². The van der Waals surface area contributed by atoms with Gasteiger partial charge in [0.2, 0.25) is 0 Å². The van der Waals surface area contributed by atoms with Crippen LogP contribution in [0.15, 0.2) is 18.2 Å². The molecule has 0 amide bonds. The smallest absolute Gasteiger partial charge is 0.384 e. The number of ether oxygens (including phenoxy) is 1. The fourth-order valence-corrected chi connectivity index (χ4v) is 4.08. The van der Waals surface area contributed by atoms with Crippen molar-refractivity contribution in [2.24, 2.45) is 5.41 Å². The van der Waals surface area contributed by atoms with E-state index in [2.05, 4.69) is 5.32 Å². The van der Waals surface area contributed by atoms with E-state index in [1.807, 2.05) is 13.8 Å². The molecule has 1 saturated heterocycles. The first-order valence-electron chi connectivity index (χ1n) is 7.92. The largest absolute Gasteiger partial charge is 0.417 e. The Balaban J connectivity index is 0.000000924. The number of rotatable bonds is 3. The molecule has 0 spiro atoms. The van der Waals surface area contributed by atoms with E-state index in [9.17, 15) is 13.2 Å². The number of hydrogen-bond acceptors (Lipinski definition) is 2. The molecule has 6 heteroatoms. The molecule has 0 bridgehead atoms. The van der Waals surface area contributed by atoms with Crippen molar-refractivity contribution < 1.29 is 17.9 Å². The summed E-state index contributed by atoms with van der Waals surface area (Å²) in [5, 5.41) is 3.08. The van der Waals surface area contributed by atoms with Crippen molar-refractivity contribution in [3.05, 3.63) is 34.3 Å². The van der Waals surface area contributed by atoms with Crippen LogP contribution < -0.4 is 5.32 Å². The minimum Gasteiger partial charge on any atom is -0.384 e. The van der Waals surface area contributed by atoms with Crippen molar-refractivity contribution in [1.29, 1.82) is 0 Å². The summed E-state index contributed by atoms with van der Waals surface area (Å²) in [6.45, 7) is 6.16. The fourth-order valence-electron chi connectivity index (χ4n) is 3.86. The lowest BCUT2D eigenvalue weighted by Gasteiger charge is -2.31. The first-order chi connectivity index (χ1) is 10.8. The Bertz CT molecular complexity index is 559. The monoisotopic (exact) mass is 349 g/mol. The molecule has 1 saturated carbocycles. The van der Waals surface area contributed by atoms with Crippen LogP contribution in [-0.2, 0) is 16.3 Å². The molecule has 130 valence electrons. The summed E-state index contributed by atoms with van der Waals surface area (Å²) < 4.78 is 44.5. The van der Waals surface area contributed by atoms with Crippen molar-refractivity contribution in [3.63, 3.8) is 0 Å². The van der Waals surface area contributed by atoms with Crippen LogP contribution in [0.5, 0.6) is 0 Å². The lowest BCUT2D eigenvalue weighted by Crippen LogP contribution is -2.40. The molecule has 1 heterocycles. The van der Waals surface area contributed by atoms with Gasteiger partial charge in [0, 0.05) is 24.5 Å². The maximum atomic E-state index is 13.1. The van der Waals surface area contributed by atoms with E-state index < -0.39 is 11.7 Å². The Morgan fingerprint density at radius 2 is 2.00 bits per heavy atom. The molecule has 0 radical (unpaired) electrons. The van der Waals surface area contributed by atoms with Crippen LogP contribution in [-0.4, -0.2) is 26.8 Å². The van der Waals surface area contributed by atoms with E-state index in [0.717, 1.165) is 31.5 Å². The highest BCUT2D eigenvalue weighted by Crippen LogP contribution is 2.68. The van der Waals surface area contributed by atoms with E-state index in [-0.39, 0.29) is 15.9 Å². The predicted molar refractivity (Wildman–Crippen MR) is 85.9 cm³/mol. The maximum Gasteiger partial charge on any atom is 0.417 e. The Hall–Kier alpha value is -0.780. The van der Waals surface area contributed by atoms with Crippen LogP contribution >= 0.6 is 11.6 Å². The van der Waals surface area contributed by atoms with E-state index in [0.29, 0.717) is 6.61 Å². The highest BCUT2D eigenvalue weighted by atomic mass is 35.5. The zero-order valence-corrected chi connectivity index (χ0v) is 14.4. The molecule has 1 aliphatic heterocycles. The highest BCUT2D eigenvalue weighted by Gasteiger charge is 2.68. The molecular weight excluding hydrogens is 327 g/mol. The number of methoxy groups -OCH3 is 1. The third-order valence-corrected chi connectivity index (χ3v) is 5.30. The second kappa shape index (κ2) is 6.61. The topological polar surface area (TPSA) is 21.3 Å². The van der Waals surface area contributed by atoms with Gasteiger partial charge in [-0.3, -0.25) is 0 Å². The Labute approximate surface area is 140 Å². The van der Waals surface area contributed by atoms with Gasteiger partial charge in [0.15, 0.2) is 0 Å². The predicted octanol–water partition coefficient (Wildman–Crippen LogP) is 4.65. The Kier molecular flexibility index (Phi) is 5.34. The van der Waals surface area contributed by atoms with Crippen LogP contribution in [0.4, 0.5) is 13.2 Å². The minimum atomic E-state index is -4.42. The van der Waals surface area contributed by atoms with Gasteiger partial charge in [0.1, 0.15) is 0 Å². The van der Waals surface area contributed by atoms with Crippen molar-refractivity contribution in [2.45, 2.75) is 38.3 Å². The minimum absolute atomic E-state index is 0.0866. The van der Waals surface area contributed by atoms with Gasteiger partial charge in [-0.2, -0.15) is 13.2 Å². The number of halogens is 4. The van der Waals surface area contributed by atoms with Crippen LogP contribution in [0.3, 0.4) is 0 Å². The molecule has 1 aromatic carbocycles. The molecule has 1 N–H and O–H groups in total. The third kappa shape index (κ3) is 3.11. The summed E-state index contributed by atoms with van der Waals surface area (Å²) in [7, 11) is 1.63. The van der Waals surface area contributed by atoms with E-state index in [1.165, 1.54) is 12.1 Å². The second-order valence-corrected chi connectivity index (χ2v) is 6.50. The van der Waals surface area contributed by atoms with Gasteiger partial charge in [0.05, 0.1) is 17.2 Å². The SMILES string of the molecule is CC.COC[C@@]12CNCC[C@]1(c1ccc(Cl)c(C(F)(F)F)c1)C2. The van der Waals surface area contributed by atoms with Gasteiger partial charge < -0.3 is 10.1 Å². The first kappa shape index (κ1) is 18.6. The molecule has 2 atom stereocenters. The van der Waals surface area contributed by atoms with Crippen molar-refractivity contribution in [2.75, 3.05) is 26.8 Å². The van der Waals surface area contributed by atoms with Crippen molar-refractivity contribution >= 4 is 11.6 Å². The second-order valence-electron chi connectivity index (χ2n) is 6.09. The van der Waals surface area contributed by atoms with Crippen LogP contribution in [0, 0.1) is 5.41 Å². The van der Waals surface area contributed by atoms with Crippen LogP contribution in [0.2, 0.25) is 5.02 Å². The van der Waals surface area contributed by atoms with Gasteiger partial charge in [-0.05, 0) is 37.1 Å². The van der Waals surface area contributed by atoms with Gasteiger partial charge >= 0.3 is 6.18 Å². The summed E-state index contributed by atoms with van der Waals surface area (Å²) in [5.41, 5.74) is -0.305. The van der Waals surface area contributed by atoms with Crippen molar-refractivity contribution in [1.82, 2.24) is 5.32 Å². The number of hydrogen-bond donors (Lipinski definition) is 1. The molecule has 2 nitrogen and oxygen atoms in total. The average Bonchev–Trinajstić information content (AvgIpc) is 3.19. The molecule has 2 aliphatic rings. The number of alkyl halides is 3. The standard InChI is InChI=1S/C15H17ClF3NO.C2H6/c1-21-9-13-7-14(13,4-5-20-8-13)10-2-3-12(16)11(6-10)15(17,18)19;1-2/h2-3,6,20H,4-5,7-9H2,1H3;1-2H3/t13-,14-;/m1./s1. The van der Waals surface area contributed by atoms with E-state index in [1.54, 1.807) is 13.2 Å². The van der Waals surface area contributed by atoms with Gasteiger partial charge in [-0.15, -0.1) is 0 Å². The van der Waals surface area contributed by atoms with Crippen molar-refractivity contribution in [3.8, 4) is 0 Å². The maximum absolute atomic E-state index is 13.1. The van der Waals surface area contributed by atoms with E-state index >= 15 is 0 Å². The molecule has 23 heavy (non-hydrogen) atoms. The quantitative estimate of drug-likeness (QED) is 0.857. The number of fused-ring (bicyclic) bond motifs is 1. The van der Waals surface area contributed by atoms with Gasteiger partial charge in [-0.25, -0.2) is 0 Å². The molecule has 0 aromatic heterocycles. The molecule has 1 aliphatic carbocycles. The molecular formula is C17H23ClF3NO. The Morgan fingerprint density at radius 1 is 1.30 bits per heavy atom. The number of piperidine rings is 1. The number of benzene rings is 1. The summed E-state index contributed by atoms with van der Waals surface area (Å²) in [4.78, 5) is 0. The lowest BCUT2D eigenvalue weighted by atomic mass is 9.81. The highest BCUT2D eigenvalue weighted by molar-refractivity contribution is 6.31. The first-order valence-corrected chi connectivity index (χ1v) is 8.29. The summed E-state index contributed by atoms with van der Waals surface area (Å²) in [5.74, 6) is 0.